The molecule has 4 aliphatic rings. The topological polar surface area (TPSA) is 71.3 Å². The van der Waals surface area contributed by atoms with Gasteiger partial charge in [-0.25, -0.2) is 4.98 Å². The minimum Gasteiger partial charge on any atom is -0.379 e. The van der Waals surface area contributed by atoms with Crippen LogP contribution >= 0.6 is 0 Å². The van der Waals surface area contributed by atoms with Crippen LogP contribution in [0.15, 0.2) is 6.33 Å². The number of piperidine rings is 1. The molecule has 2 aliphatic carbocycles. The molecule has 0 bridgehead atoms. The summed E-state index contributed by atoms with van der Waals surface area (Å²) in [6.07, 6.45) is 13.3. The molecule has 2 aliphatic heterocycles. The van der Waals surface area contributed by atoms with Gasteiger partial charge in [0, 0.05) is 44.3 Å². The number of hydrogen-bond donors (Lipinski definition) is 1. The van der Waals surface area contributed by atoms with E-state index < -0.39 is 0 Å². The minimum absolute atomic E-state index is 0.530. The van der Waals surface area contributed by atoms with E-state index in [0.717, 1.165) is 62.3 Å². The lowest BCUT2D eigenvalue weighted by Crippen LogP contribution is -2.49. The van der Waals surface area contributed by atoms with Gasteiger partial charge in [-0.1, -0.05) is 19.3 Å². The molecule has 8 nitrogen and oxygen atoms in total. The maximum absolute atomic E-state index is 5.54. The summed E-state index contributed by atoms with van der Waals surface area (Å²) < 4.78 is 7.88. The Bertz CT molecular complexity index is 891. The number of morpholine rings is 1. The first-order valence-corrected chi connectivity index (χ1v) is 12.4. The molecule has 0 atom stereocenters. The quantitative estimate of drug-likeness (QED) is 0.789. The van der Waals surface area contributed by atoms with Crippen LogP contribution in [-0.2, 0) is 4.74 Å². The van der Waals surface area contributed by atoms with Crippen molar-refractivity contribution in [1.82, 2.24) is 24.4 Å². The van der Waals surface area contributed by atoms with E-state index in [-0.39, 0.29) is 0 Å². The van der Waals surface area contributed by atoms with E-state index in [4.69, 9.17) is 19.7 Å². The summed E-state index contributed by atoms with van der Waals surface area (Å²) in [7, 11) is 0. The van der Waals surface area contributed by atoms with Crippen LogP contribution in [0.3, 0.4) is 0 Å². The Morgan fingerprint density at radius 3 is 2.35 bits per heavy atom. The Hall–Kier alpha value is -1.93. The van der Waals surface area contributed by atoms with Gasteiger partial charge in [0.2, 0.25) is 5.95 Å². The van der Waals surface area contributed by atoms with E-state index in [1.165, 1.54) is 57.8 Å². The van der Waals surface area contributed by atoms with E-state index >= 15 is 0 Å². The van der Waals surface area contributed by atoms with E-state index in [0.29, 0.717) is 18.1 Å². The highest BCUT2D eigenvalue weighted by Gasteiger charge is 2.29. The van der Waals surface area contributed by atoms with Crippen molar-refractivity contribution in [2.75, 3.05) is 49.6 Å². The molecule has 0 amide bonds. The third-order valence-corrected chi connectivity index (χ3v) is 7.61. The van der Waals surface area contributed by atoms with Crippen molar-refractivity contribution in [2.24, 2.45) is 0 Å². The van der Waals surface area contributed by atoms with Crippen LogP contribution in [0.5, 0.6) is 0 Å². The summed E-state index contributed by atoms with van der Waals surface area (Å²) >= 11 is 0. The summed E-state index contributed by atoms with van der Waals surface area (Å²) in [4.78, 5) is 19.9. The van der Waals surface area contributed by atoms with Crippen molar-refractivity contribution in [2.45, 2.75) is 75.9 Å². The van der Waals surface area contributed by atoms with Gasteiger partial charge in [-0.15, -0.1) is 0 Å². The van der Waals surface area contributed by atoms with Crippen LogP contribution < -0.4 is 10.2 Å². The molecule has 1 N–H and O–H groups in total. The monoisotopic (exact) mass is 425 g/mol. The summed E-state index contributed by atoms with van der Waals surface area (Å²) in [6, 6.07) is 1.75. The lowest BCUT2D eigenvalue weighted by Gasteiger charge is -2.40. The van der Waals surface area contributed by atoms with Gasteiger partial charge in [-0.3, -0.25) is 4.90 Å². The Labute approximate surface area is 184 Å². The van der Waals surface area contributed by atoms with Crippen molar-refractivity contribution in [1.29, 1.82) is 0 Å². The zero-order valence-electron chi connectivity index (χ0n) is 18.5. The minimum atomic E-state index is 0.530. The molecule has 4 fully saturated rings. The number of imidazole rings is 1. The second-order valence-corrected chi connectivity index (χ2v) is 9.77. The van der Waals surface area contributed by atoms with Crippen molar-refractivity contribution in [3.05, 3.63) is 6.33 Å². The van der Waals surface area contributed by atoms with Gasteiger partial charge in [0.15, 0.2) is 17.0 Å². The first-order valence-electron chi connectivity index (χ1n) is 12.4. The standard InChI is InChI=1S/C23H35N7O/c1-2-4-19(5-3-1)30-16-24-20-21(25-17-6-7-17)26-23(27-22(20)30)29-10-8-18(9-11-29)28-12-14-31-15-13-28/h16-19H,1-15H2,(H,25,26,27). The van der Waals surface area contributed by atoms with Crippen LogP contribution in [-0.4, -0.2) is 75.9 Å². The predicted octanol–water partition coefficient (Wildman–Crippen LogP) is 3.21. The van der Waals surface area contributed by atoms with Gasteiger partial charge in [0.05, 0.1) is 19.5 Å². The van der Waals surface area contributed by atoms with Crippen LogP contribution in [0.4, 0.5) is 11.8 Å². The van der Waals surface area contributed by atoms with Crippen LogP contribution in [0, 0.1) is 0 Å². The van der Waals surface area contributed by atoms with Crippen molar-refractivity contribution in [3.63, 3.8) is 0 Å². The fourth-order valence-corrected chi connectivity index (χ4v) is 5.57. The second-order valence-electron chi connectivity index (χ2n) is 9.77. The highest BCUT2D eigenvalue weighted by molar-refractivity contribution is 5.84. The molecule has 0 radical (unpaired) electrons. The zero-order chi connectivity index (χ0) is 20.6. The van der Waals surface area contributed by atoms with Crippen molar-refractivity contribution in [3.8, 4) is 0 Å². The van der Waals surface area contributed by atoms with Crippen LogP contribution in [0.2, 0.25) is 0 Å². The fourth-order valence-electron chi connectivity index (χ4n) is 5.57. The van der Waals surface area contributed by atoms with Crippen molar-refractivity contribution < 1.29 is 4.74 Å². The molecule has 0 spiro atoms. The number of rotatable bonds is 5. The van der Waals surface area contributed by atoms with Gasteiger partial charge in [0.25, 0.3) is 0 Å². The second kappa shape index (κ2) is 8.54. The molecule has 4 heterocycles. The molecule has 168 valence electrons. The summed E-state index contributed by atoms with van der Waals surface area (Å²) in [5, 5.41) is 3.64. The molecule has 2 aromatic heterocycles. The predicted molar refractivity (Wildman–Crippen MR) is 122 cm³/mol. The van der Waals surface area contributed by atoms with E-state index in [2.05, 4.69) is 19.7 Å². The number of anilines is 2. The fraction of sp³-hybridized carbons (Fsp3) is 0.783. The Morgan fingerprint density at radius 1 is 0.839 bits per heavy atom. The molecule has 8 heteroatoms. The molecule has 0 aromatic carbocycles. The highest BCUT2D eigenvalue weighted by Crippen LogP contribution is 2.34. The number of nitrogens with one attached hydrogen (secondary N) is 1. The molecule has 0 unspecified atom stereocenters. The Balaban J connectivity index is 1.26. The molecule has 2 aromatic rings. The van der Waals surface area contributed by atoms with Gasteiger partial charge in [-0.2, -0.15) is 9.97 Å². The number of aromatic nitrogens is 4. The third kappa shape index (κ3) is 4.12. The Morgan fingerprint density at radius 2 is 1.61 bits per heavy atom. The molecule has 31 heavy (non-hydrogen) atoms. The first kappa shape index (κ1) is 19.7. The normalized spacial score (nSPS) is 24.7. The van der Waals surface area contributed by atoms with E-state index in [1.807, 2.05) is 6.33 Å². The van der Waals surface area contributed by atoms with Gasteiger partial charge < -0.3 is 19.5 Å². The summed E-state index contributed by atoms with van der Waals surface area (Å²) in [5.41, 5.74) is 1.97. The lowest BCUT2D eigenvalue weighted by atomic mass is 9.95. The lowest BCUT2D eigenvalue weighted by molar-refractivity contribution is 0.0114. The van der Waals surface area contributed by atoms with Gasteiger partial charge in [0.1, 0.15) is 0 Å². The van der Waals surface area contributed by atoms with Crippen LogP contribution in [0.1, 0.15) is 63.8 Å². The maximum atomic E-state index is 5.54. The largest absolute Gasteiger partial charge is 0.379 e. The number of hydrogen-bond acceptors (Lipinski definition) is 7. The molecule has 6 rings (SSSR count). The molecular formula is C23H35N7O. The zero-order valence-corrected chi connectivity index (χ0v) is 18.5. The SMILES string of the molecule is c1nc2c(NC3CC3)nc(N3CCC(N4CCOCC4)CC3)nc2n1C1CCCCC1. The van der Waals surface area contributed by atoms with E-state index in [1.54, 1.807) is 0 Å². The van der Waals surface area contributed by atoms with E-state index in [9.17, 15) is 0 Å². The summed E-state index contributed by atoms with van der Waals surface area (Å²) in [5.74, 6) is 1.82. The maximum Gasteiger partial charge on any atom is 0.229 e. The van der Waals surface area contributed by atoms with Gasteiger partial charge in [-0.05, 0) is 38.5 Å². The smallest absolute Gasteiger partial charge is 0.229 e. The molecule has 2 saturated carbocycles. The average molecular weight is 426 g/mol. The Kier molecular flexibility index (Phi) is 5.44. The number of ether oxygens (including phenoxy) is 1. The molecular weight excluding hydrogens is 390 g/mol. The first-order chi connectivity index (χ1) is 15.3. The summed E-state index contributed by atoms with van der Waals surface area (Å²) in [6.45, 7) is 5.94. The van der Waals surface area contributed by atoms with Gasteiger partial charge >= 0.3 is 0 Å². The average Bonchev–Trinajstić information content (AvgIpc) is 3.55. The third-order valence-electron chi connectivity index (χ3n) is 7.61. The molecule has 2 saturated heterocycles. The highest BCUT2D eigenvalue weighted by atomic mass is 16.5. The number of fused-ring (bicyclic) bond motifs is 1. The van der Waals surface area contributed by atoms with Crippen molar-refractivity contribution >= 4 is 22.9 Å². The van der Waals surface area contributed by atoms with Crippen LogP contribution in [0.25, 0.3) is 11.2 Å². The number of nitrogens with zero attached hydrogens (tertiary/aromatic N) is 6.